The average Bonchev–Trinajstić information content (AvgIpc) is 2.22. The lowest BCUT2D eigenvalue weighted by atomic mass is 9.86. The first kappa shape index (κ1) is 13.7. The van der Waals surface area contributed by atoms with Crippen molar-refractivity contribution in [1.29, 1.82) is 0 Å². The predicted octanol–water partition coefficient (Wildman–Crippen LogP) is 3.54. The first-order valence-corrected chi connectivity index (χ1v) is 6.94. The van der Waals surface area contributed by atoms with Gasteiger partial charge in [-0.1, -0.05) is 44.8 Å². The monoisotopic (exact) mass is 224 g/mol. The highest BCUT2D eigenvalue weighted by molar-refractivity contribution is 5.12. The number of hydrogen-bond acceptors (Lipinski definition) is 2. The van der Waals surface area contributed by atoms with Crippen LogP contribution < -0.4 is 11.3 Å². The summed E-state index contributed by atoms with van der Waals surface area (Å²) in [6.45, 7) is 4.56. The van der Waals surface area contributed by atoms with Crippen LogP contribution in [0.4, 0.5) is 0 Å². The molecule has 2 unspecified atom stereocenters. The summed E-state index contributed by atoms with van der Waals surface area (Å²) >= 11 is 0. The highest BCUT2D eigenvalue weighted by atomic mass is 15.2. The Morgan fingerprint density at radius 1 is 1.31 bits per heavy atom. The van der Waals surface area contributed by atoms with E-state index < -0.39 is 0 Å². The minimum absolute atomic E-state index is 0.401. The van der Waals surface area contributed by atoms with Crippen LogP contribution in [-0.4, -0.2) is 6.04 Å². The smallest absolute Gasteiger partial charge is 0.0445 e. The molecule has 0 aromatic heterocycles. The summed E-state index contributed by atoms with van der Waals surface area (Å²) in [6, 6.07) is 0.401. The molecule has 2 nitrogen and oxygen atoms in total. The molecule has 0 saturated heterocycles. The van der Waals surface area contributed by atoms with Crippen LogP contribution in [0, 0.1) is 5.92 Å². The number of nitrogens with one attached hydrogen (secondary N) is 1. The quantitative estimate of drug-likeness (QED) is 0.426. The van der Waals surface area contributed by atoms with Gasteiger partial charge in [0.1, 0.15) is 0 Å². The Kier molecular flexibility index (Phi) is 6.74. The molecule has 1 rings (SSSR count). The Balaban J connectivity index is 2.61. The molecule has 94 valence electrons. The van der Waals surface area contributed by atoms with E-state index in [1.54, 1.807) is 5.57 Å². The van der Waals surface area contributed by atoms with Crippen LogP contribution in [0.25, 0.3) is 0 Å². The first-order chi connectivity index (χ1) is 7.79. The van der Waals surface area contributed by atoms with Gasteiger partial charge in [-0.25, -0.2) is 0 Å². The number of rotatable bonds is 5. The Morgan fingerprint density at radius 2 is 2.06 bits per heavy atom. The number of hydrogen-bond donors (Lipinski definition) is 2. The lowest BCUT2D eigenvalue weighted by Crippen LogP contribution is -2.41. The van der Waals surface area contributed by atoms with Gasteiger partial charge in [-0.05, 0) is 38.0 Å². The second kappa shape index (κ2) is 7.86. The van der Waals surface area contributed by atoms with Crippen LogP contribution in [0.5, 0.6) is 0 Å². The zero-order valence-corrected chi connectivity index (χ0v) is 11.0. The van der Waals surface area contributed by atoms with Crippen molar-refractivity contribution in [2.45, 2.75) is 71.3 Å². The summed E-state index contributed by atoms with van der Waals surface area (Å²) in [6.07, 6.45) is 12.9. The van der Waals surface area contributed by atoms with Crippen molar-refractivity contribution < 1.29 is 0 Å². The molecule has 0 fully saturated rings. The Morgan fingerprint density at radius 3 is 2.75 bits per heavy atom. The fourth-order valence-corrected chi connectivity index (χ4v) is 2.76. The van der Waals surface area contributed by atoms with E-state index in [-0.39, 0.29) is 0 Å². The molecule has 0 aromatic carbocycles. The molecule has 0 bridgehead atoms. The molecule has 0 amide bonds. The third-order valence-electron chi connectivity index (χ3n) is 3.72. The zero-order valence-electron chi connectivity index (χ0n) is 11.0. The predicted molar refractivity (Wildman–Crippen MR) is 71.0 cm³/mol. The van der Waals surface area contributed by atoms with E-state index in [0.29, 0.717) is 12.0 Å². The van der Waals surface area contributed by atoms with Crippen molar-refractivity contribution in [3.63, 3.8) is 0 Å². The molecule has 1 aliphatic carbocycles. The molecular weight excluding hydrogens is 196 g/mol. The molecule has 1 aliphatic rings. The van der Waals surface area contributed by atoms with Crippen LogP contribution in [-0.2, 0) is 0 Å². The summed E-state index contributed by atoms with van der Waals surface area (Å²) in [7, 11) is 0. The Labute approximate surface area is 101 Å². The van der Waals surface area contributed by atoms with Crippen molar-refractivity contribution in [1.82, 2.24) is 5.43 Å². The lowest BCUT2D eigenvalue weighted by molar-refractivity contribution is 0.385. The SMILES string of the molecule is CCCC(C)C(NN)C1=CCCCCCC1. The van der Waals surface area contributed by atoms with Crippen LogP contribution in [0.2, 0.25) is 0 Å². The van der Waals surface area contributed by atoms with Crippen molar-refractivity contribution in [3.05, 3.63) is 11.6 Å². The minimum atomic E-state index is 0.401. The molecular formula is C14H28N2. The molecule has 0 aliphatic heterocycles. The second-order valence-electron chi connectivity index (χ2n) is 5.14. The molecule has 0 heterocycles. The van der Waals surface area contributed by atoms with Crippen molar-refractivity contribution in [2.75, 3.05) is 0 Å². The molecule has 2 atom stereocenters. The fourth-order valence-electron chi connectivity index (χ4n) is 2.76. The van der Waals surface area contributed by atoms with E-state index in [2.05, 4.69) is 25.3 Å². The molecule has 3 N–H and O–H groups in total. The summed E-state index contributed by atoms with van der Waals surface area (Å²) in [5.74, 6) is 6.39. The van der Waals surface area contributed by atoms with Crippen molar-refractivity contribution in [2.24, 2.45) is 11.8 Å². The maximum atomic E-state index is 5.73. The summed E-state index contributed by atoms with van der Waals surface area (Å²) in [5, 5.41) is 0. The van der Waals surface area contributed by atoms with Gasteiger partial charge < -0.3 is 0 Å². The number of hydrazine groups is 1. The van der Waals surface area contributed by atoms with E-state index in [4.69, 9.17) is 5.84 Å². The molecule has 0 saturated carbocycles. The molecule has 16 heavy (non-hydrogen) atoms. The first-order valence-electron chi connectivity index (χ1n) is 6.94. The summed E-state index contributed by atoms with van der Waals surface area (Å²) in [4.78, 5) is 0. The lowest BCUT2D eigenvalue weighted by Gasteiger charge is -2.27. The van der Waals surface area contributed by atoms with Crippen LogP contribution in [0.3, 0.4) is 0 Å². The maximum Gasteiger partial charge on any atom is 0.0445 e. The Bertz CT molecular complexity index is 211. The number of allylic oxidation sites excluding steroid dienone is 1. The molecule has 0 radical (unpaired) electrons. The van der Waals surface area contributed by atoms with Gasteiger partial charge in [-0.3, -0.25) is 11.3 Å². The van der Waals surface area contributed by atoms with Gasteiger partial charge in [-0.2, -0.15) is 0 Å². The van der Waals surface area contributed by atoms with Gasteiger partial charge in [0.05, 0.1) is 0 Å². The normalized spacial score (nSPS) is 21.8. The van der Waals surface area contributed by atoms with Gasteiger partial charge in [0, 0.05) is 6.04 Å². The highest BCUT2D eigenvalue weighted by Crippen LogP contribution is 2.24. The standard InChI is InChI=1S/C14H28N2/c1-3-9-12(2)14(16-15)13-10-7-5-4-6-8-11-13/h10,12,14,16H,3-9,11,15H2,1-2H3. The topological polar surface area (TPSA) is 38.0 Å². The second-order valence-corrected chi connectivity index (χ2v) is 5.14. The number of nitrogens with two attached hydrogens (primary N) is 1. The van der Waals surface area contributed by atoms with Crippen LogP contribution in [0.15, 0.2) is 11.6 Å². The Hall–Kier alpha value is -0.340. The van der Waals surface area contributed by atoms with Crippen LogP contribution in [0.1, 0.15) is 65.2 Å². The molecule has 0 aromatic rings. The third kappa shape index (κ3) is 4.26. The summed E-state index contributed by atoms with van der Waals surface area (Å²) in [5.41, 5.74) is 4.59. The van der Waals surface area contributed by atoms with Gasteiger partial charge in [0.15, 0.2) is 0 Å². The largest absolute Gasteiger partial charge is 0.271 e. The van der Waals surface area contributed by atoms with Crippen molar-refractivity contribution >= 4 is 0 Å². The highest BCUT2D eigenvalue weighted by Gasteiger charge is 2.19. The van der Waals surface area contributed by atoms with Gasteiger partial charge in [-0.15, -0.1) is 0 Å². The zero-order chi connectivity index (χ0) is 11.8. The van der Waals surface area contributed by atoms with Gasteiger partial charge in [0.25, 0.3) is 0 Å². The average molecular weight is 224 g/mol. The van der Waals surface area contributed by atoms with Gasteiger partial charge in [0.2, 0.25) is 0 Å². The molecule has 0 spiro atoms. The van der Waals surface area contributed by atoms with Crippen LogP contribution >= 0.6 is 0 Å². The van der Waals surface area contributed by atoms with E-state index in [1.807, 2.05) is 0 Å². The third-order valence-corrected chi connectivity index (χ3v) is 3.72. The fraction of sp³-hybridized carbons (Fsp3) is 0.857. The van der Waals surface area contributed by atoms with E-state index in [9.17, 15) is 0 Å². The van der Waals surface area contributed by atoms with Crippen molar-refractivity contribution in [3.8, 4) is 0 Å². The van der Waals surface area contributed by atoms with Gasteiger partial charge >= 0.3 is 0 Å². The summed E-state index contributed by atoms with van der Waals surface area (Å²) < 4.78 is 0. The molecule has 2 heteroatoms. The minimum Gasteiger partial charge on any atom is -0.271 e. The van der Waals surface area contributed by atoms with E-state index in [1.165, 1.54) is 51.4 Å². The maximum absolute atomic E-state index is 5.73. The van der Waals surface area contributed by atoms with E-state index in [0.717, 1.165) is 0 Å². The van der Waals surface area contributed by atoms with E-state index >= 15 is 0 Å².